The van der Waals surface area contributed by atoms with Gasteiger partial charge in [-0.1, -0.05) is 37.3 Å². The van der Waals surface area contributed by atoms with E-state index in [4.69, 9.17) is 5.73 Å². The number of halogens is 1. The van der Waals surface area contributed by atoms with Crippen LogP contribution in [-0.2, 0) is 11.2 Å². The van der Waals surface area contributed by atoms with Crippen LogP contribution in [0, 0.1) is 0 Å². The summed E-state index contributed by atoms with van der Waals surface area (Å²) < 4.78 is 12.9. The largest absolute Gasteiger partial charge is 0.379 e. The summed E-state index contributed by atoms with van der Waals surface area (Å²) in [5.41, 5.74) is 8.17. The summed E-state index contributed by atoms with van der Waals surface area (Å²) in [6, 6.07) is 8.22. The zero-order valence-corrected chi connectivity index (χ0v) is 13.9. The van der Waals surface area contributed by atoms with Crippen LogP contribution in [-0.4, -0.2) is 35.8 Å². The van der Waals surface area contributed by atoms with Crippen molar-refractivity contribution in [1.29, 1.82) is 0 Å². The summed E-state index contributed by atoms with van der Waals surface area (Å²) in [4.78, 5) is 21.7. The minimum absolute atomic E-state index is 0.0354. The number of amides is 1. The van der Waals surface area contributed by atoms with Crippen LogP contribution in [0.1, 0.15) is 36.9 Å². The van der Waals surface area contributed by atoms with E-state index in [0.717, 1.165) is 17.7 Å². The highest BCUT2D eigenvalue weighted by Crippen LogP contribution is 2.31. The van der Waals surface area contributed by atoms with Crippen molar-refractivity contribution in [3.8, 4) is 0 Å². The van der Waals surface area contributed by atoms with Crippen LogP contribution in [0.15, 0.2) is 46.9 Å². The van der Waals surface area contributed by atoms with Gasteiger partial charge in [-0.05, 0) is 24.0 Å². The average Bonchev–Trinajstić information content (AvgIpc) is 3.07. The monoisotopic (exact) mass is 330 g/mol. The maximum atomic E-state index is 12.9. The molecule has 2 rings (SSSR count). The molecule has 0 radical (unpaired) electrons. The first-order chi connectivity index (χ1) is 11.6. The number of hydrogen-bond acceptors (Lipinski definition) is 3. The first-order valence-electron chi connectivity index (χ1n) is 8.05. The summed E-state index contributed by atoms with van der Waals surface area (Å²) in [5.74, 6) is -0.343. The number of aliphatic imine (C=N–C) groups is 2. The highest BCUT2D eigenvalue weighted by Gasteiger charge is 2.22. The van der Waals surface area contributed by atoms with Gasteiger partial charge < -0.3 is 10.6 Å². The van der Waals surface area contributed by atoms with Crippen molar-refractivity contribution < 1.29 is 9.18 Å². The molecule has 1 unspecified atom stereocenters. The number of rotatable bonds is 5. The molecular formula is C18H23FN4O. The molecule has 128 valence electrons. The van der Waals surface area contributed by atoms with E-state index < -0.39 is 12.7 Å². The van der Waals surface area contributed by atoms with Gasteiger partial charge in [-0.25, -0.2) is 9.38 Å². The number of carbonyl (C=O) groups is 1. The van der Waals surface area contributed by atoms with Crippen molar-refractivity contribution in [1.82, 2.24) is 4.90 Å². The number of alkyl halides is 1. The minimum atomic E-state index is -0.931. The van der Waals surface area contributed by atoms with Crippen LogP contribution >= 0.6 is 0 Å². The molecule has 1 aromatic carbocycles. The van der Waals surface area contributed by atoms with Gasteiger partial charge >= 0.3 is 0 Å². The fourth-order valence-corrected chi connectivity index (χ4v) is 2.76. The molecule has 1 heterocycles. The van der Waals surface area contributed by atoms with Gasteiger partial charge in [0.2, 0.25) is 0 Å². The zero-order chi connectivity index (χ0) is 17.5. The molecule has 24 heavy (non-hydrogen) atoms. The van der Waals surface area contributed by atoms with E-state index in [1.807, 2.05) is 12.1 Å². The normalized spacial score (nSPS) is 17.5. The summed E-state index contributed by atoms with van der Waals surface area (Å²) in [6.45, 7) is 4.76. The number of nitrogens with zero attached hydrogens (tertiary/aromatic N) is 3. The van der Waals surface area contributed by atoms with Gasteiger partial charge in [0, 0.05) is 13.0 Å². The Kier molecular flexibility index (Phi) is 6.23. The summed E-state index contributed by atoms with van der Waals surface area (Å²) >= 11 is 0. The second-order valence-corrected chi connectivity index (χ2v) is 5.58. The molecule has 1 amide bonds. The summed E-state index contributed by atoms with van der Waals surface area (Å²) in [7, 11) is 0. The molecule has 0 saturated heterocycles. The molecule has 0 saturated carbocycles. The van der Waals surface area contributed by atoms with E-state index in [1.165, 1.54) is 17.2 Å². The highest BCUT2D eigenvalue weighted by atomic mass is 19.1. The summed E-state index contributed by atoms with van der Waals surface area (Å²) in [6.07, 6.45) is 3.86. The van der Waals surface area contributed by atoms with Crippen molar-refractivity contribution in [3.63, 3.8) is 0 Å². The minimum Gasteiger partial charge on any atom is -0.379 e. The number of benzene rings is 1. The van der Waals surface area contributed by atoms with Crippen LogP contribution < -0.4 is 5.73 Å². The Morgan fingerprint density at radius 1 is 1.54 bits per heavy atom. The number of hydrogen-bond donors (Lipinski definition) is 1. The molecule has 1 atom stereocenters. The fourth-order valence-electron chi connectivity index (χ4n) is 2.76. The van der Waals surface area contributed by atoms with Gasteiger partial charge in [0.1, 0.15) is 5.84 Å². The Morgan fingerprint density at radius 2 is 2.29 bits per heavy atom. The van der Waals surface area contributed by atoms with Gasteiger partial charge in [-0.15, -0.1) is 6.58 Å². The number of carbonyl (C=O) groups excluding carboxylic acids is 1. The lowest BCUT2D eigenvalue weighted by Crippen LogP contribution is -2.40. The van der Waals surface area contributed by atoms with E-state index in [1.54, 1.807) is 0 Å². The van der Waals surface area contributed by atoms with Crippen LogP contribution in [0.2, 0.25) is 0 Å². The predicted molar refractivity (Wildman–Crippen MR) is 94.7 cm³/mol. The highest BCUT2D eigenvalue weighted by molar-refractivity contribution is 6.38. The average molecular weight is 330 g/mol. The van der Waals surface area contributed by atoms with E-state index in [0.29, 0.717) is 12.3 Å². The smallest absolute Gasteiger partial charge is 0.291 e. The second-order valence-electron chi connectivity index (χ2n) is 5.58. The van der Waals surface area contributed by atoms with Crippen LogP contribution in [0.3, 0.4) is 0 Å². The summed E-state index contributed by atoms with van der Waals surface area (Å²) in [5, 5.41) is 0. The van der Waals surface area contributed by atoms with Crippen LogP contribution in [0.4, 0.5) is 4.39 Å². The SMILES string of the molecule is C=CCN(CF)C(=O)C(N)=NC1=NC(c2ccccc2CC)CC1. The van der Waals surface area contributed by atoms with E-state index >= 15 is 0 Å². The molecule has 0 bridgehead atoms. The standard InChI is InChI=1S/C18H23FN4O/c1-3-11-23(12-19)18(24)17(20)22-16-10-9-15(21-16)14-8-6-5-7-13(14)4-2/h3,5-8,15H,1,4,9-12H2,2H3,(H2,20,21,22). The molecule has 0 aliphatic carbocycles. The number of amidine groups is 2. The Balaban J connectivity index is 2.15. The van der Waals surface area contributed by atoms with Gasteiger partial charge in [0.25, 0.3) is 5.91 Å². The van der Waals surface area contributed by atoms with Crippen molar-refractivity contribution in [2.45, 2.75) is 32.2 Å². The maximum Gasteiger partial charge on any atom is 0.291 e. The lowest BCUT2D eigenvalue weighted by molar-refractivity contribution is -0.125. The predicted octanol–water partition coefficient (Wildman–Crippen LogP) is 2.78. The third-order valence-corrected chi connectivity index (χ3v) is 3.99. The zero-order valence-electron chi connectivity index (χ0n) is 13.9. The van der Waals surface area contributed by atoms with Gasteiger partial charge in [-0.2, -0.15) is 0 Å². The van der Waals surface area contributed by atoms with Gasteiger partial charge in [0.15, 0.2) is 12.6 Å². The molecule has 0 fully saturated rings. The van der Waals surface area contributed by atoms with E-state index in [2.05, 4.69) is 35.6 Å². The molecule has 1 aliphatic rings. The molecule has 1 aliphatic heterocycles. The quantitative estimate of drug-likeness (QED) is 0.390. The third kappa shape index (κ3) is 4.07. The Labute approximate surface area is 141 Å². The fraction of sp³-hybridized carbons (Fsp3) is 0.389. The van der Waals surface area contributed by atoms with E-state index in [-0.39, 0.29) is 18.4 Å². The van der Waals surface area contributed by atoms with Gasteiger partial charge in [-0.3, -0.25) is 9.79 Å². The number of nitrogens with two attached hydrogens (primary N) is 1. The van der Waals surface area contributed by atoms with Crippen molar-refractivity contribution in [2.75, 3.05) is 13.3 Å². The van der Waals surface area contributed by atoms with Crippen LogP contribution in [0.25, 0.3) is 0 Å². The molecule has 6 heteroatoms. The van der Waals surface area contributed by atoms with Crippen molar-refractivity contribution in [2.24, 2.45) is 15.7 Å². The maximum absolute atomic E-state index is 12.9. The molecule has 0 spiro atoms. The Bertz CT molecular complexity index is 669. The van der Waals surface area contributed by atoms with Gasteiger partial charge in [0.05, 0.1) is 6.04 Å². The van der Waals surface area contributed by atoms with Crippen LogP contribution in [0.5, 0.6) is 0 Å². The molecule has 0 aromatic heterocycles. The Morgan fingerprint density at radius 3 is 2.96 bits per heavy atom. The lowest BCUT2D eigenvalue weighted by Gasteiger charge is -2.15. The first kappa shape index (κ1) is 17.8. The molecule has 5 nitrogen and oxygen atoms in total. The number of aryl methyl sites for hydroxylation is 1. The van der Waals surface area contributed by atoms with E-state index in [9.17, 15) is 9.18 Å². The molecule has 2 N–H and O–H groups in total. The first-order valence-corrected chi connectivity index (χ1v) is 8.05. The second kappa shape index (κ2) is 8.38. The third-order valence-electron chi connectivity index (χ3n) is 3.99. The Hall–Kier alpha value is -2.50. The molecule has 1 aromatic rings. The molecular weight excluding hydrogens is 307 g/mol. The topological polar surface area (TPSA) is 71.0 Å². The van der Waals surface area contributed by atoms with Crippen molar-refractivity contribution >= 4 is 17.6 Å². The van der Waals surface area contributed by atoms with Crippen molar-refractivity contribution in [3.05, 3.63) is 48.0 Å². The lowest BCUT2D eigenvalue weighted by atomic mass is 9.97.